The fourth-order valence-corrected chi connectivity index (χ4v) is 3.19. The number of halogens is 1. The Hall–Kier alpha value is -1.40. The van der Waals surface area contributed by atoms with Crippen LogP contribution in [0.3, 0.4) is 0 Å². The Morgan fingerprint density at radius 3 is 2.84 bits per heavy atom. The van der Waals surface area contributed by atoms with Crippen LogP contribution in [0, 0.1) is 10.1 Å². The minimum absolute atomic E-state index is 0.0536. The van der Waals surface area contributed by atoms with Crippen LogP contribution in [-0.4, -0.2) is 27.5 Å². The van der Waals surface area contributed by atoms with E-state index in [0.29, 0.717) is 12.2 Å². The molecule has 0 N–H and O–H groups in total. The number of nitro groups is 1. The van der Waals surface area contributed by atoms with Crippen molar-refractivity contribution in [2.24, 2.45) is 0 Å². The molecular formula is C12H10ClNO4S. The molecule has 1 saturated heterocycles. The maximum absolute atomic E-state index is 12.3. The maximum Gasteiger partial charge on any atom is 0.281 e. The summed E-state index contributed by atoms with van der Waals surface area (Å²) in [6.45, 7) is 0. The topological polar surface area (TPSA) is 77.3 Å². The summed E-state index contributed by atoms with van der Waals surface area (Å²) >= 11 is 6.94. The van der Waals surface area contributed by atoms with E-state index in [4.69, 9.17) is 11.6 Å². The fourth-order valence-electron chi connectivity index (χ4n) is 1.90. The number of carbonyl (C=O) groups is 2. The molecule has 1 aliphatic heterocycles. The number of thioether (sulfide) groups is 1. The fraction of sp³-hybridized carbons (Fsp3) is 0.333. The van der Waals surface area contributed by atoms with Crippen LogP contribution in [0.4, 0.5) is 5.69 Å². The van der Waals surface area contributed by atoms with Gasteiger partial charge in [0, 0.05) is 17.5 Å². The predicted octanol–water partition coefficient (Wildman–Crippen LogP) is 2.90. The number of nitrogens with zero attached hydrogens (tertiary/aromatic N) is 1. The van der Waals surface area contributed by atoms with Gasteiger partial charge < -0.3 is 0 Å². The third-order valence-electron chi connectivity index (χ3n) is 2.80. The molecule has 1 aliphatic rings. The van der Waals surface area contributed by atoms with Crippen molar-refractivity contribution in [2.45, 2.75) is 18.1 Å². The summed E-state index contributed by atoms with van der Waals surface area (Å²) in [5, 5.41) is 10.3. The second-order valence-corrected chi connectivity index (χ2v) is 5.75. The molecule has 0 amide bonds. The van der Waals surface area contributed by atoms with Crippen LogP contribution in [0.15, 0.2) is 18.2 Å². The van der Waals surface area contributed by atoms with E-state index in [-0.39, 0.29) is 22.1 Å². The van der Waals surface area contributed by atoms with E-state index < -0.39 is 16.0 Å². The quantitative estimate of drug-likeness (QED) is 0.371. The van der Waals surface area contributed by atoms with Crippen LogP contribution in [0.2, 0.25) is 5.02 Å². The molecule has 0 spiro atoms. The monoisotopic (exact) mass is 299 g/mol. The Labute approximate surface area is 118 Å². The highest BCUT2D eigenvalue weighted by atomic mass is 35.5. The second kappa shape index (κ2) is 5.71. The van der Waals surface area contributed by atoms with Crippen molar-refractivity contribution in [3.05, 3.63) is 38.9 Å². The zero-order chi connectivity index (χ0) is 14.0. The van der Waals surface area contributed by atoms with Crippen molar-refractivity contribution in [3.8, 4) is 0 Å². The molecule has 0 radical (unpaired) electrons. The molecule has 0 aromatic heterocycles. The lowest BCUT2D eigenvalue weighted by atomic mass is 10.0. The Bertz CT molecular complexity index is 561. The van der Waals surface area contributed by atoms with E-state index in [2.05, 4.69) is 0 Å². The number of rotatable bonds is 3. The van der Waals surface area contributed by atoms with Crippen LogP contribution in [0.25, 0.3) is 0 Å². The Morgan fingerprint density at radius 2 is 2.21 bits per heavy atom. The molecule has 7 heteroatoms. The summed E-state index contributed by atoms with van der Waals surface area (Å²) < 4.78 is 0. The summed E-state index contributed by atoms with van der Waals surface area (Å²) in [6, 6.07) is 3.86. The zero-order valence-corrected chi connectivity index (χ0v) is 11.4. The van der Waals surface area contributed by atoms with Gasteiger partial charge >= 0.3 is 0 Å². The average Bonchev–Trinajstić information content (AvgIpc) is 2.38. The van der Waals surface area contributed by atoms with Crippen LogP contribution in [0.1, 0.15) is 23.2 Å². The lowest BCUT2D eigenvalue weighted by molar-refractivity contribution is -0.385. The highest BCUT2D eigenvalue weighted by Crippen LogP contribution is 2.30. The molecule has 1 atom stereocenters. The van der Waals surface area contributed by atoms with Gasteiger partial charge in [-0.25, -0.2) is 0 Å². The smallest absolute Gasteiger partial charge is 0.281 e. The van der Waals surface area contributed by atoms with Crippen LogP contribution in [0.5, 0.6) is 0 Å². The van der Waals surface area contributed by atoms with Gasteiger partial charge in [0.25, 0.3) is 5.69 Å². The lowest BCUT2D eigenvalue weighted by Gasteiger charge is -2.18. The summed E-state index contributed by atoms with van der Waals surface area (Å²) in [5.74, 6) is 0.0485. The molecule has 1 aromatic rings. The molecule has 0 aliphatic carbocycles. The summed E-state index contributed by atoms with van der Waals surface area (Å²) in [6.07, 6.45) is 1.10. The summed E-state index contributed by atoms with van der Waals surface area (Å²) in [5.41, 5.74) is -0.404. The number of nitro benzene ring substituents is 1. The van der Waals surface area contributed by atoms with Gasteiger partial charge in [0.15, 0.2) is 11.6 Å². The highest BCUT2D eigenvalue weighted by molar-refractivity contribution is 8.01. The van der Waals surface area contributed by atoms with Crippen molar-refractivity contribution in [1.82, 2.24) is 0 Å². The normalized spacial score (nSPS) is 19.2. The molecule has 2 rings (SSSR count). The van der Waals surface area contributed by atoms with E-state index in [0.717, 1.165) is 12.5 Å². The van der Waals surface area contributed by atoms with Gasteiger partial charge in [0.2, 0.25) is 0 Å². The van der Waals surface area contributed by atoms with Crippen LogP contribution in [-0.2, 0) is 4.79 Å². The zero-order valence-electron chi connectivity index (χ0n) is 9.80. The van der Waals surface area contributed by atoms with E-state index in [9.17, 15) is 19.7 Å². The van der Waals surface area contributed by atoms with Crippen molar-refractivity contribution < 1.29 is 14.5 Å². The van der Waals surface area contributed by atoms with Gasteiger partial charge in [-0.15, -0.1) is 11.8 Å². The molecular weight excluding hydrogens is 290 g/mol. The van der Waals surface area contributed by atoms with E-state index >= 15 is 0 Å². The van der Waals surface area contributed by atoms with Gasteiger partial charge in [-0.05, 0) is 24.3 Å². The van der Waals surface area contributed by atoms with Crippen molar-refractivity contribution in [3.63, 3.8) is 0 Å². The first-order valence-electron chi connectivity index (χ1n) is 5.63. The Kier molecular flexibility index (Phi) is 4.21. The van der Waals surface area contributed by atoms with E-state index in [1.165, 1.54) is 23.9 Å². The molecule has 0 bridgehead atoms. The second-order valence-electron chi connectivity index (χ2n) is 4.10. The molecule has 1 aromatic carbocycles. The first-order valence-corrected chi connectivity index (χ1v) is 7.06. The SMILES string of the molecule is O=C1CCCSC1C(=O)c1ccc(Cl)cc1[N+](=O)[O-]. The summed E-state index contributed by atoms with van der Waals surface area (Å²) in [7, 11) is 0. The third-order valence-corrected chi connectivity index (χ3v) is 4.37. The number of benzene rings is 1. The number of hydrogen-bond donors (Lipinski definition) is 0. The Balaban J connectivity index is 2.38. The largest absolute Gasteiger partial charge is 0.298 e. The molecule has 0 saturated carbocycles. The maximum atomic E-state index is 12.3. The van der Waals surface area contributed by atoms with Gasteiger partial charge in [-0.3, -0.25) is 19.7 Å². The molecule has 100 valence electrons. The first kappa shape index (κ1) is 14.0. The van der Waals surface area contributed by atoms with E-state index in [1.54, 1.807) is 0 Å². The van der Waals surface area contributed by atoms with Crippen LogP contribution >= 0.6 is 23.4 Å². The minimum Gasteiger partial charge on any atom is -0.298 e. The standard InChI is InChI=1S/C12H10ClNO4S/c13-7-3-4-8(9(6-7)14(17)18)11(16)12-10(15)2-1-5-19-12/h3-4,6,12H,1-2,5H2. The van der Waals surface area contributed by atoms with E-state index in [1.807, 2.05) is 0 Å². The molecule has 1 unspecified atom stereocenters. The van der Waals surface area contributed by atoms with Crippen molar-refractivity contribution in [1.29, 1.82) is 0 Å². The van der Waals surface area contributed by atoms with Crippen molar-refractivity contribution >= 4 is 40.6 Å². The predicted molar refractivity (Wildman–Crippen MR) is 72.9 cm³/mol. The number of carbonyl (C=O) groups excluding carboxylic acids is 2. The van der Waals surface area contributed by atoms with Crippen molar-refractivity contribution in [2.75, 3.05) is 5.75 Å². The Morgan fingerprint density at radius 1 is 1.47 bits per heavy atom. The average molecular weight is 300 g/mol. The van der Waals surface area contributed by atoms with Gasteiger partial charge in [0.05, 0.1) is 10.5 Å². The lowest BCUT2D eigenvalue weighted by Crippen LogP contribution is -2.31. The number of Topliss-reactive ketones (excluding diaryl/α,β-unsaturated/α-hetero) is 2. The molecule has 1 fully saturated rings. The third kappa shape index (κ3) is 2.96. The van der Waals surface area contributed by atoms with Gasteiger partial charge in [0.1, 0.15) is 5.25 Å². The molecule has 19 heavy (non-hydrogen) atoms. The molecule has 1 heterocycles. The van der Waals surface area contributed by atoms with Crippen LogP contribution < -0.4 is 0 Å². The van der Waals surface area contributed by atoms with Gasteiger partial charge in [-0.1, -0.05) is 11.6 Å². The number of hydrogen-bond acceptors (Lipinski definition) is 5. The first-order chi connectivity index (χ1) is 9.00. The van der Waals surface area contributed by atoms with Gasteiger partial charge in [-0.2, -0.15) is 0 Å². The summed E-state index contributed by atoms with van der Waals surface area (Å²) in [4.78, 5) is 34.3. The number of ketones is 2. The molecule has 5 nitrogen and oxygen atoms in total. The highest BCUT2D eigenvalue weighted by Gasteiger charge is 2.33. The minimum atomic E-state index is -0.825.